The third-order valence-electron chi connectivity index (χ3n) is 2.32. The van der Waals surface area contributed by atoms with Gasteiger partial charge in [0.2, 0.25) is 5.91 Å². The highest BCUT2D eigenvalue weighted by Crippen LogP contribution is 2.14. The van der Waals surface area contributed by atoms with E-state index < -0.39 is 5.91 Å². The Hall–Kier alpha value is -1.11. The Morgan fingerprint density at radius 1 is 1.33 bits per heavy atom. The topological polar surface area (TPSA) is 63.4 Å². The van der Waals surface area contributed by atoms with Gasteiger partial charge >= 0.3 is 0 Å². The van der Waals surface area contributed by atoms with Crippen molar-refractivity contribution < 1.29 is 9.59 Å². The number of benzene rings is 1. The van der Waals surface area contributed by atoms with Crippen LogP contribution in [0.5, 0.6) is 0 Å². The average Bonchev–Trinajstić information content (AvgIpc) is 2.26. The molecular weight excluding hydrogens is 343 g/mol. The van der Waals surface area contributed by atoms with Gasteiger partial charge in [-0.2, -0.15) is 0 Å². The van der Waals surface area contributed by atoms with E-state index >= 15 is 0 Å². The lowest BCUT2D eigenvalue weighted by atomic mass is 10.1. The van der Waals surface area contributed by atoms with Crippen LogP contribution in [0.1, 0.15) is 24.2 Å². The largest absolute Gasteiger partial charge is 0.368 e. The Morgan fingerprint density at radius 2 is 1.94 bits per heavy atom. The number of hydrogen-bond acceptors (Lipinski definition) is 2. The number of amides is 2. The number of primary amides is 1. The first-order valence-corrected chi connectivity index (χ1v) is 6.81. The molecule has 5 heteroatoms. The fourth-order valence-electron chi connectivity index (χ4n) is 1.65. The van der Waals surface area contributed by atoms with E-state index in [-0.39, 0.29) is 18.4 Å². The van der Waals surface area contributed by atoms with Crippen molar-refractivity contribution in [1.82, 2.24) is 4.90 Å². The Bertz CT molecular complexity index is 446. The molecule has 0 saturated heterocycles. The first-order valence-electron chi connectivity index (χ1n) is 5.74. The highest BCUT2D eigenvalue weighted by atomic mass is 127. The summed E-state index contributed by atoms with van der Waals surface area (Å²) in [7, 11) is 0. The van der Waals surface area contributed by atoms with E-state index in [4.69, 9.17) is 5.73 Å². The van der Waals surface area contributed by atoms with Crippen molar-refractivity contribution in [1.29, 1.82) is 0 Å². The van der Waals surface area contributed by atoms with Crippen molar-refractivity contribution in [2.24, 2.45) is 11.7 Å². The minimum Gasteiger partial charge on any atom is -0.368 e. The zero-order valence-corrected chi connectivity index (χ0v) is 12.7. The van der Waals surface area contributed by atoms with Crippen molar-refractivity contribution >= 4 is 34.4 Å². The number of nitrogens with zero attached hydrogens (tertiary/aromatic N) is 1. The highest BCUT2D eigenvalue weighted by Gasteiger charge is 2.20. The molecule has 1 rings (SSSR count). The van der Waals surface area contributed by atoms with Crippen LogP contribution in [0, 0.1) is 9.49 Å². The summed E-state index contributed by atoms with van der Waals surface area (Å²) in [6.07, 6.45) is 0. The zero-order valence-electron chi connectivity index (χ0n) is 10.5. The molecule has 0 aliphatic rings. The van der Waals surface area contributed by atoms with Crippen LogP contribution in [0.2, 0.25) is 0 Å². The summed E-state index contributed by atoms with van der Waals surface area (Å²) in [5.74, 6) is -0.350. The van der Waals surface area contributed by atoms with E-state index in [1.54, 1.807) is 6.07 Å². The number of halogens is 1. The Morgan fingerprint density at radius 3 is 2.44 bits per heavy atom. The quantitative estimate of drug-likeness (QED) is 0.815. The summed E-state index contributed by atoms with van der Waals surface area (Å²) in [5, 5.41) is 0. The number of rotatable bonds is 5. The molecular formula is C13H17IN2O2. The van der Waals surface area contributed by atoms with Crippen molar-refractivity contribution in [3.05, 3.63) is 33.4 Å². The summed E-state index contributed by atoms with van der Waals surface area (Å²) in [4.78, 5) is 24.9. The van der Waals surface area contributed by atoms with Crippen LogP contribution in [0.3, 0.4) is 0 Å². The van der Waals surface area contributed by atoms with Crippen LogP contribution >= 0.6 is 22.6 Å². The lowest BCUT2D eigenvalue weighted by molar-refractivity contribution is -0.118. The number of carbonyl (C=O) groups is 2. The molecule has 0 atom stereocenters. The van der Waals surface area contributed by atoms with Crippen LogP contribution in [-0.4, -0.2) is 29.8 Å². The van der Waals surface area contributed by atoms with Crippen LogP contribution in [0.15, 0.2) is 24.3 Å². The maximum Gasteiger partial charge on any atom is 0.255 e. The summed E-state index contributed by atoms with van der Waals surface area (Å²) >= 11 is 2.11. The predicted molar refractivity (Wildman–Crippen MR) is 79.1 cm³/mol. The molecule has 0 aromatic heterocycles. The Balaban J connectivity index is 2.95. The molecule has 0 bridgehead atoms. The van der Waals surface area contributed by atoms with Gasteiger partial charge in [-0.15, -0.1) is 0 Å². The molecule has 0 aliphatic carbocycles. The van der Waals surface area contributed by atoms with E-state index in [0.717, 1.165) is 3.57 Å². The van der Waals surface area contributed by atoms with Crippen LogP contribution in [0.4, 0.5) is 0 Å². The molecule has 1 aromatic rings. The predicted octanol–water partition coefficient (Wildman–Crippen LogP) is 1.87. The van der Waals surface area contributed by atoms with E-state index in [0.29, 0.717) is 12.1 Å². The van der Waals surface area contributed by atoms with Crippen molar-refractivity contribution in [3.8, 4) is 0 Å². The minimum atomic E-state index is -0.491. The molecule has 0 saturated carbocycles. The molecule has 98 valence electrons. The Labute approximate surface area is 121 Å². The number of hydrogen-bond donors (Lipinski definition) is 1. The van der Waals surface area contributed by atoms with Crippen LogP contribution in [-0.2, 0) is 4.79 Å². The van der Waals surface area contributed by atoms with E-state index in [1.807, 2.05) is 32.0 Å². The van der Waals surface area contributed by atoms with Crippen molar-refractivity contribution in [2.75, 3.05) is 13.1 Å². The molecule has 4 nitrogen and oxygen atoms in total. The summed E-state index contributed by atoms with van der Waals surface area (Å²) in [5.41, 5.74) is 5.80. The second kappa shape index (κ2) is 6.72. The van der Waals surface area contributed by atoms with E-state index in [9.17, 15) is 9.59 Å². The molecule has 2 amide bonds. The molecule has 0 unspecified atom stereocenters. The normalized spacial score (nSPS) is 10.4. The SMILES string of the molecule is CC(C)CN(CC(N)=O)C(=O)c1ccccc1I. The van der Waals surface area contributed by atoms with E-state index in [1.165, 1.54) is 4.90 Å². The minimum absolute atomic E-state index is 0.0397. The van der Waals surface area contributed by atoms with Gasteiger partial charge in [-0.3, -0.25) is 9.59 Å². The number of carbonyl (C=O) groups excluding carboxylic acids is 2. The van der Waals surface area contributed by atoms with Gasteiger partial charge in [0, 0.05) is 10.1 Å². The zero-order chi connectivity index (χ0) is 13.7. The van der Waals surface area contributed by atoms with Gasteiger partial charge < -0.3 is 10.6 Å². The van der Waals surface area contributed by atoms with Gasteiger partial charge in [-0.05, 0) is 40.6 Å². The summed E-state index contributed by atoms with van der Waals surface area (Å²) < 4.78 is 0.873. The van der Waals surface area contributed by atoms with Crippen molar-refractivity contribution in [2.45, 2.75) is 13.8 Å². The van der Waals surface area contributed by atoms with Gasteiger partial charge in [0.25, 0.3) is 5.91 Å². The van der Waals surface area contributed by atoms with E-state index in [2.05, 4.69) is 22.6 Å². The molecule has 1 aromatic carbocycles. The lowest BCUT2D eigenvalue weighted by Crippen LogP contribution is -2.40. The molecule has 0 heterocycles. The lowest BCUT2D eigenvalue weighted by Gasteiger charge is -2.23. The highest BCUT2D eigenvalue weighted by molar-refractivity contribution is 14.1. The summed E-state index contributed by atoms with van der Waals surface area (Å²) in [6.45, 7) is 4.48. The standard InChI is InChI=1S/C13H17IN2O2/c1-9(2)7-16(8-12(15)17)13(18)10-5-3-4-6-11(10)14/h3-6,9H,7-8H2,1-2H3,(H2,15,17). The maximum absolute atomic E-state index is 12.4. The summed E-state index contributed by atoms with van der Waals surface area (Å²) in [6, 6.07) is 7.32. The molecule has 2 N–H and O–H groups in total. The second-order valence-electron chi connectivity index (χ2n) is 4.53. The molecule has 0 aliphatic heterocycles. The molecule has 0 radical (unpaired) electrons. The fourth-order valence-corrected chi connectivity index (χ4v) is 2.27. The van der Waals surface area contributed by atoms with Gasteiger partial charge in [-0.1, -0.05) is 26.0 Å². The monoisotopic (exact) mass is 360 g/mol. The van der Waals surface area contributed by atoms with Gasteiger partial charge in [-0.25, -0.2) is 0 Å². The van der Waals surface area contributed by atoms with Crippen LogP contribution in [0.25, 0.3) is 0 Å². The van der Waals surface area contributed by atoms with Gasteiger partial charge in [0.05, 0.1) is 12.1 Å². The van der Waals surface area contributed by atoms with Crippen molar-refractivity contribution in [3.63, 3.8) is 0 Å². The first kappa shape index (κ1) is 14.9. The first-order chi connectivity index (χ1) is 8.41. The smallest absolute Gasteiger partial charge is 0.255 e. The fraction of sp³-hybridized carbons (Fsp3) is 0.385. The van der Waals surface area contributed by atoms with Gasteiger partial charge in [0.15, 0.2) is 0 Å². The molecule has 18 heavy (non-hydrogen) atoms. The third kappa shape index (κ3) is 4.29. The number of nitrogens with two attached hydrogens (primary N) is 1. The second-order valence-corrected chi connectivity index (χ2v) is 5.69. The third-order valence-corrected chi connectivity index (χ3v) is 3.26. The molecule has 0 spiro atoms. The molecule has 0 fully saturated rings. The maximum atomic E-state index is 12.4. The average molecular weight is 360 g/mol. The van der Waals surface area contributed by atoms with Crippen LogP contribution < -0.4 is 5.73 Å². The Kier molecular flexibility index (Phi) is 5.58. The van der Waals surface area contributed by atoms with Gasteiger partial charge in [0.1, 0.15) is 0 Å².